The van der Waals surface area contributed by atoms with Gasteiger partial charge >= 0.3 is 0 Å². The third-order valence-electron chi connectivity index (χ3n) is 3.60. The Balaban J connectivity index is 2.32. The highest BCUT2D eigenvalue weighted by Gasteiger charge is 2.28. The van der Waals surface area contributed by atoms with Gasteiger partial charge in [0.1, 0.15) is 0 Å². The zero-order valence-corrected chi connectivity index (χ0v) is 11.5. The first-order chi connectivity index (χ1) is 7.65. The fourth-order valence-corrected chi connectivity index (χ4v) is 2.71. The van der Waals surface area contributed by atoms with Crippen molar-refractivity contribution in [1.29, 1.82) is 0 Å². The van der Waals surface area contributed by atoms with Crippen LogP contribution in [0.1, 0.15) is 53.4 Å². The fraction of sp³-hybridized carbons (Fsp3) is 1.00. The van der Waals surface area contributed by atoms with Gasteiger partial charge in [-0.1, -0.05) is 27.2 Å². The monoisotopic (exact) mass is 227 g/mol. The van der Waals surface area contributed by atoms with E-state index < -0.39 is 0 Å². The van der Waals surface area contributed by atoms with Crippen LogP contribution < -0.4 is 5.32 Å². The van der Waals surface area contributed by atoms with Crippen LogP contribution in [0.4, 0.5) is 0 Å². The number of hydrogen-bond acceptors (Lipinski definition) is 2. The summed E-state index contributed by atoms with van der Waals surface area (Å²) in [5.41, 5.74) is 0. The van der Waals surface area contributed by atoms with E-state index in [0.717, 1.165) is 13.2 Å². The molecule has 1 fully saturated rings. The van der Waals surface area contributed by atoms with E-state index in [1.807, 2.05) is 0 Å². The zero-order chi connectivity index (χ0) is 12.0. The standard InChI is InChI=1S/C14H29NO/c1-5-7-12(4)15-10-13-8-6-9-16-14(13)11(2)3/h11-15H,5-10H2,1-4H3. The zero-order valence-electron chi connectivity index (χ0n) is 11.5. The van der Waals surface area contributed by atoms with Gasteiger partial charge in [-0.05, 0) is 38.0 Å². The number of rotatable bonds is 6. The van der Waals surface area contributed by atoms with Crippen LogP contribution in [-0.2, 0) is 4.74 Å². The summed E-state index contributed by atoms with van der Waals surface area (Å²) in [6, 6.07) is 0.653. The summed E-state index contributed by atoms with van der Waals surface area (Å²) >= 11 is 0. The number of nitrogens with one attached hydrogen (secondary N) is 1. The van der Waals surface area contributed by atoms with Crippen LogP contribution in [0.3, 0.4) is 0 Å². The lowest BCUT2D eigenvalue weighted by molar-refractivity contribution is -0.0521. The van der Waals surface area contributed by atoms with Gasteiger partial charge in [0.25, 0.3) is 0 Å². The molecule has 0 aromatic carbocycles. The van der Waals surface area contributed by atoms with Crippen LogP contribution in [0, 0.1) is 11.8 Å². The Morgan fingerprint density at radius 3 is 2.69 bits per heavy atom. The summed E-state index contributed by atoms with van der Waals surface area (Å²) in [5.74, 6) is 1.36. The maximum atomic E-state index is 5.90. The molecule has 0 aromatic rings. The predicted octanol–water partition coefficient (Wildman–Crippen LogP) is 3.22. The Kier molecular flexibility index (Phi) is 6.37. The average molecular weight is 227 g/mol. The summed E-state index contributed by atoms with van der Waals surface area (Å²) in [6.45, 7) is 11.2. The smallest absolute Gasteiger partial charge is 0.0638 e. The molecular formula is C14H29NO. The van der Waals surface area contributed by atoms with Crippen molar-refractivity contribution in [2.45, 2.75) is 65.5 Å². The van der Waals surface area contributed by atoms with Crippen LogP contribution in [0.15, 0.2) is 0 Å². The molecule has 1 saturated heterocycles. The summed E-state index contributed by atoms with van der Waals surface area (Å²) < 4.78 is 5.90. The van der Waals surface area contributed by atoms with E-state index in [1.165, 1.54) is 25.7 Å². The minimum atomic E-state index is 0.468. The molecule has 2 nitrogen and oxygen atoms in total. The summed E-state index contributed by atoms with van der Waals surface area (Å²) in [6.07, 6.45) is 5.57. The SMILES string of the molecule is CCCC(C)NCC1CCCOC1C(C)C. The lowest BCUT2D eigenvalue weighted by atomic mass is 9.87. The van der Waals surface area contributed by atoms with Gasteiger partial charge in [-0.2, -0.15) is 0 Å². The van der Waals surface area contributed by atoms with E-state index in [9.17, 15) is 0 Å². The van der Waals surface area contributed by atoms with Gasteiger partial charge in [-0.15, -0.1) is 0 Å². The normalized spacial score (nSPS) is 28.3. The van der Waals surface area contributed by atoms with E-state index in [2.05, 4.69) is 33.0 Å². The first-order valence-corrected chi connectivity index (χ1v) is 7.00. The van der Waals surface area contributed by atoms with E-state index >= 15 is 0 Å². The second-order valence-corrected chi connectivity index (χ2v) is 5.58. The second kappa shape index (κ2) is 7.29. The maximum absolute atomic E-state index is 5.90. The maximum Gasteiger partial charge on any atom is 0.0638 e. The quantitative estimate of drug-likeness (QED) is 0.752. The first-order valence-electron chi connectivity index (χ1n) is 7.00. The topological polar surface area (TPSA) is 21.3 Å². The first kappa shape index (κ1) is 14.0. The highest BCUT2D eigenvalue weighted by molar-refractivity contribution is 4.79. The second-order valence-electron chi connectivity index (χ2n) is 5.58. The summed E-state index contributed by atoms with van der Waals surface area (Å²) in [5, 5.41) is 3.66. The van der Waals surface area contributed by atoms with Crippen molar-refractivity contribution in [3.63, 3.8) is 0 Å². The van der Waals surface area contributed by atoms with Crippen molar-refractivity contribution in [2.24, 2.45) is 11.8 Å². The number of ether oxygens (including phenoxy) is 1. The van der Waals surface area contributed by atoms with Crippen LogP contribution in [0.2, 0.25) is 0 Å². The Morgan fingerprint density at radius 1 is 1.31 bits per heavy atom. The van der Waals surface area contributed by atoms with Gasteiger partial charge in [0.2, 0.25) is 0 Å². The van der Waals surface area contributed by atoms with Crippen molar-refractivity contribution < 1.29 is 4.74 Å². The lowest BCUT2D eigenvalue weighted by Gasteiger charge is -2.35. The molecule has 0 radical (unpaired) electrons. The molecule has 2 heteroatoms. The van der Waals surface area contributed by atoms with Crippen LogP contribution in [0.5, 0.6) is 0 Å². The Morgan fingerprint density at radius 2 is 2.06 bits per heavy atom. The molecule has 0 spiro atoms. The van der Waals surface area contributed by atoms with Crippen molar-refractivity contribution in [2.75, 3.05) is 13.2 Å². The van der Waals surface area contributed by atoms with Crippen molar-refractivity contribution in [3.05, 3.63) is 0 Å². The molecule has 1 rings (SSSR count). The van der Waals surface area contributed by atoms with Gasteiger partial charge < -0.3 is 10.1 Å². The molecule has 0 amide bonds. The fourth-order valence-electron chi connectivity index (χ4n) is 2.71. The minimum Gasteiger partial charge on any atom is -0.378 e. The van der Waals surface area contributed by atoms with Gasteiger partial charge in [0, 0.05) is 19.2 Å². The molecule has 3 atom stereocenters. The predicted molar refractivity (Wildman–Crippen MR) is 69.7 cm³/mol. The average Bonchev–Trinajstić information content (AvgIpc) is 2.27. The van der Waals surface area contributed by atoms with E-state index in [4.69, 9.17) is 4.74 Å². The van der Waals surface area contributed by atoms with E-state index in [0.29, 0.717) is 24.0 Å². The lowest BCUT2D eigenvalue weighted by Crippen LogP contribution is -2.42. The molecule has 1 aliphatic heterocycles. The molecule has 0 bridgehead atoms. The third kappa shape index (κ3) is 4.42. The minimum absolute atomic E-state index is 0.468. The molecule has 1 aliphatic rings. The molecule has 0 saturated carbocycles. The van der Waals surface area contributed by atoms with Gasteiger partial charge in [0.05, 0.1) is 6.10 Å². The largest absolute Gasteiger partial charge is 0.378 e. The molecule has 96 valence electrons. The molecule has 0 aromatic heterocycles. The summed E-state index contributed by atoms with van der Waals surface area (Å²) in [7, 11) is 0. The molecule has 1 heterocycles. The molecule has 16 heavy (non-hydrogen) atoms. The molecule has 1 N–H and O–H groups in total. The Labute approximate surface area is 101 Å². The summed E-state index contributed by atoms with van der Waals surface area (Å²) in [4.78, 5) is 0. The van der Waals surface area contributed by atoms with Crippen LogP contribution in [-0.4, -0.2) is 25.3 Å². The van der Waals surface area contributed by atoms with Crippen molar-refractivity contribution >= 4 is 0 Å². The highest BCUT2D eigenvalue weighted by atomic mass is 16.5. The van der Waals surface area contributed by atoms with Gasteiger partial charge in [-0.3, -0.25) is 0 Å². The van der Waals surface area contributed by atoms with E-state index in [1.54, 1.807) is 0 Å². The molecule has 3 unspecified atom stereocenters. The molecular weight excluding hydrogens is 198 g/mol. The van der Waals surface area contributed by atoms with Crippen molar-refractivity contribution in [1.82, 2.24) is 5.32 Å². The van der Waals surface area contributed by atoms with Gasteiger partial charge in [-0.25, -0.2) is 0 Å². The third-order valence-corrected chi connectivity index (χ3v) is 3.60. The molecule has 0 aliphatic carbocycles. The number of hydrogen-bond donors (Lipinski definition) is 1. The Bertz CT molecular complexity index is 182. The van der Waals surface area contributed by atoms with E-state index in [-0.39, 0.29) is 0 Å². The van der Waals surface area contributed by atoms with Gasteiger partial charge in [0.15, 0.2) is 0 Å². The van der Waals surface area contributed by atoms with Crippen LogP contribution >= 0.6 is 0 Å². The van der Waals surface area contributed by atoms with Crippen LogP contribution in [0.25, 0.3) is 0 Å². The highest BCUT2D eigenvalue weighted by Crippen LogP contribution is 2.25. The van der Waals surface area contributed by atoms with Crippen molar-refractivity contribution in [3.8, 4) is 0 Å². The Hall–Kier alpha value is -0.0800.